The van der Waals surface area contributed by atoms with Crippen molar-refractivity contribution in [3.63, 3.8) is 0 Å². The summed E-state index contributed by atoms with van der Waals surface area (Å²) in [6.45, 7) is 7.03. The van der Waals surface area contributed by atoms with Gasteiger partial charge in [-0.1, -0.05) is 50.3 Å². The van der Waals surface area contributed by atoms with E-state index >= 15 is 0 Å². The molecule has 1 aromatic rings. The Balaban J connectivity index is 1.61. The van der Waals surface area contributed by atoms with Crippen molar-refractivity contribution in [1.29, 1.82) is 0 Å². The molecule has 0 saturated carbocycles. The second kappa shape index (κ2) is 6.66. The molecule has 3 aliphatic heterocycles. The van der Waals surface area contributed by atoms with E-state index in [0.29, 0.717) is 24.4 Å². The van der Waals surface area contributed by atoms with E-state index in [2.05, 4.69) is 53.1 Å². The first-order chi connectivity index (χ1) is 10.7. The first-order valence-electron chi connectivity index (χ1n) is 8.50. The molecule has 3 saturated heterocycles. The topological polar surface area (TPSA) is 23.6 Å². The highest BCUT2D eigenvalue weighted by Crippen LogP contribution is 2.32. The molecule has 2 unspecified atom stereocenters. The van der Waals surface area contributed by atoms with Crippen LogP contribution in [0.2, 0.25) is 0 Å². The van der Waals surface area contributed by atoms with Crippen molar-refractivity contribution in [2.45, 2.75) is 45.2 Å². The average Bonchev–Trinajstić information content (AvgIpc) is 2.58. The Morgan fingerprint density at radius 3 is 2.41 bits per heavy atom. The molecule has 118 valence electrons. The number of amides is 1. The molecular formula is C19H26N2O. The number of piperazine rings is 1. The minimum absolute atomic E-state index is 0.309. The highest BCUT2D eigenvalue weighted by molar-refractivity contribution is 5.76. The van der Waals surface area contributed by atoms with Crippen molar-refractivity contribution in [3.05, 3.63) is 42.0 Å². The maximum atomic E-state index is 11.8. The van der Waals surface area contributed by atoms with Gasteiger partial charge in [0.2, 0.25) is 5.91 Å². The first-order valence-corrected chi connectivity index (χ1v) is 8.50. The van der Waals surface area contributed by atoms with Crippen LogP contribution in [0.25, 0.3) is 5.57 Å². The van der Waals surface area contributed by atoms with E-state index in [4.69, 9.17) is 0 Å². The van der Waals surface area contributed by atoms with E-state index in [1.54, 1.807) is 0 Å². The molecule has 0 aliphatic carbocycles. The molecular weight excluding hydrogens is 272 g/mol. The molecule has 0 aromatic heterocycles. The summed E-state index contributed by atoms with van der Waals surface area (Å²) in [6, 6.07) is 11.8. The summed E-state index contributed by atoms with van der Waals surface area (Å²) in [5.41, 5.74) is 2.76. The zero-order valence-electron chi connectivity index (χ0n) is 13.7. The summed E-state index contributed by atoms with van der Waals surface area (Å²) in [5, 5.41) is 0. The molecule has 1 aromatic carbocycles. The van der Waals surface area contributed by atoms with Crippen LogP contribution in [-0.4, -0.2) is 47.4 Å². The van der Waals surface area contributed by atoms with Crippen molar-refractivity contribution < 1.29 is 4.79 Å². The molecule has 22 heavy (non-hydrogen) atoms. The molecule has 3 aliphatic rings. The molecule has 3 heterocycles. The maximum absolute atomic E-state index is 11.8. The van der Waals surface area contributed by atoms with Gasteiger partial charge < -0.3 is 4.90 Å². The summed E-state index contributed by atoms with van der Waals surface area (Å²) in [6.07, 6.45) is 5.33. The van der Waals surface area contributed by atoms with E-state index in [9.17, 15) is 4.79 Å². The third kappa shape index (κ3) is 2.95. The smallest absolute Gasteiger partial charge is 0.222 e. The first kappa shape index (κ1) is 15.3. The molecule has 0 spiro atoms. The molecule has 3 nitrogen and oxygen atoms in total. The molecule has 1 amide bonds. The van der Waals surface area contributed by atoms with Gasteiger partial charge in [0.05, 0.1) is 0 Å². The third-order valence-corrected chi connectivity index (χ3v) is 5.07. The van der Waals surface area contributed by atoms with Crippen LogP contribution in [-0.2, 0) is 4.79 Å². The summed E-state index contributed by atoms with van der Waals surface area (Å²) in [4.78, 5) is 16.5. The van der Waals surface area contributed by atoms with Gasteiger partial charge in [-0.05, 0) is 24.0 Å². The van der Waals surface area contributed by atoms with Crippen LogP contribution in [0.5, 0.6) is 0 Å². The zero-order valence-corrected chi connectivity index (χ0v) is 13.7. The lowest BCUT2D eigenvalue weighted by Gasteiger charge is -2.56. The Labute approximate surface area is 133 Å². The number of rotatable bonds is 5. The SMILES string of the molecule is CCC(=O)N1CC2CC(C1)N2C/C=C(\CC)c1ccccc1. The Morgan fingerprint density at radius 2 is 1.82 bits per heavy atom. The van der Waals surface area contributed by atoms with Crippen LogP contribution in [0.1, 0.15) is 38.7 Å². The van der Waals surface area contributed by atoms with Gasteiger partial charge >= 0.3 is 0 Å². The van der Waals surface area contributed by atoms with Gasteiger partial charge in [-0.25, -0.2) is 0 Å². The maximum Gasteiger partial charge on any atom is 0.222 e. The van der Waals surface area contributed by atoms with E-state index in [1.165, 1.54) is 17.6 Å². The fourth-order valence-corrected chi connectivity index (χ4v) is 3.75. The second-order valence-corrected chi connectivity index (χ2v) is 6.34. The monoisotopic (exact) mass is 298 g/mol. The quantitative estimate of drug-likeness (QED) is 0.833. The molecule has 4 rings (SSSR count). The lowest BCUT2D eigenvalue weighted by atomic mass is 9.87. The summed E-state index contributed by atoms with van der Waals surface area (Å²) < 4.78 is 0. The fraction of sp³-hybridized carbons (Fsp3) is 0.526. The Kier molecular flexibility index (Phi) is 4.63. The van der Waals surface area contributed by atoms with Crippen molar-refractivity contribution in [3.8, 4) is 0 Å². The summed E-state index contributed by atoms with van der Waals surface area (Å²) in [7, 11) is 0. The predicted octanol–water partition coefficient (Wildman–Crippen LogP) is 3.18. The van der Waals surface area contributed by atoms with Crippen molar-refractivity contribution >= 4 is 11.5 Å². The van der Waals surface area contributed by atoms with Crippen LogP contribution < -0.4 is 0 Å². The van der Waals surface area contributed by atoms with Gasteiger partial charge in [-0.2, -0.15) is 0 Å². The number of fused-ring (bicyclic) bond motifs is 2. The average molecular weight is 298 g/mol. The minimum atomic E-state index is 0.309. The number of piperidine rings is 1. The highest BCUT2D eigenvalue weighted by atomic mass is 16.2. The van der Waals surface area contributed by atoms with Gasteiger partial charge in [0.1, 0.15) is 0 Å². The Hall–Kier alpha value is -1.61. The van der Waals surface area contributed by atoms with E-state index in [-0.39, 0.29) is 0 Å². The van der Waals surface area contributed by atoms with Gasteiger partial charge in [-0.15, -0.1) is 0 Å². The number of carbonyl (C=O) groups excluding carboxylic acids is 1. The van der Waals surface area contributed by atoms with Crippen molar-refractivity contribution in [1.82, 2.24) is 9.80 Å². The molecule has 0 radical (unpaired) electrons. The normalized spacial score (nSPS) is 25.0. The van der Waals surface area contributed by atoms with Crippen molar-refractivity contribution in [2.24, 2.45) is 0 Å². The van der Waals surface area contributed by atoms with Crippen LogP contribution in [0, 0.1) is 0 Å². The lowest BCUT2D eigenvalue weighted by Crippen LogP contribution is -2.69. The largest absolute Gasteiger partial charge is 0.340 e. The van der Waals surface area contributed by atoms with E-state index in [1.807, 2.05) is 6.92 Å². The lowest BCUT2D eigenvalue weighted by molar-refractivity contribution is -0.142. The van der Waals surface area contributed by atoms with Gasteiger partial charge in [0, 0.05) is 38.1 Å². The van der Waals surface area contributed by atoms with E-state index in [0.717, 1.165) is 26.1 Å². The van der Waals surface area contributed by atoms with Crippen LogP contribution >= 0.6 is 0 Å². The number of allylic oxidation sites excluding steroid dienone is 1. The fourth-order valence-electron chi connectivity index (χ4n) is 3.75. The van der Waals surface area contributed by atoms with Gasteiger partial charge in [0.15, 0.2) is 0 Å². The zero-order chi connectivity index (χ0) is 15.5. The van der Waals surface area contributed by atoms with Gasteiger partial charge in [-0.3, -0.25) is 9.69 Å². The molecule has 0 N–H and O–H groups in total. The van der Waals surface area contributed by atoms with Crippen molar-refractivity contribution in [2.75, 3.05) is 19.6 Å². The standard InChI is InChI=1S/C19H26N2O/c1-3-15(16-8-6-5-7-9-16)10-11-21-17-12-18(21)14-20(13-17)19(22)4-2/h5-10,17-18H,3-4,11-14H2,1-2H3/b15-10+. The number of carbonyl (C=O) groups is 1. The molecule has 3 heteroatoms. The molecule has 2 atom stereocenters. The Morgan fingerprint density at radius 1 is 1.14 bits per heavy atom. The number of hydrogen-bond donors (Lipinski definition) is 0. The minimum Gasteiger partial charge on any atom is -0.340 e. The predicted molar refractivity (Wildman–Crippen MR) is 90.5 cm³/mol. The Bertz CT molecular complexity index is 540. The number of benzene rings is 1. The van der Waals surface area contributed by atoms with Crippen LogP contribution in [0.3, 0.4) is 0 Å². The molecule has 2 bridgehead atoms. The van der Waals surface area contributed by atoms with Gasteiger partial charge in [0.25, 0.3) is 0 Å². The van der Waals surface area contributed by atoms with Crippen LogP contribution in [0.15, 0.2) is 36.4 Å². The molecule has 3 fully saturated rings. The highest BCUT2D eigenvalue weighted by Gasteiger charge is 2.44. The van der Waals surface area contributed by atoms with E-state index < -0.39 is 0 Å². The van der Waals surface area contributed by atoms with Crippen LogP contribution in [0.4, 0.5) is 0 Å². The number of hydrogen-bond acceptors (Lipinski definition) is 2. The second-order valence-electron chi connectivity index (χ2n) is 6.34. The third-order valence-electron chi connectivity index (χ3n) is 5.07. The number of nitrogens with zero attached hydrogens (tertiary/aromatic N) is 2. The summed E-state index contributed by atoms with van der Waals surface area (Å²) in [5.74, 6) is 0.309. The summed E-state index contributed by atoms with van der Waals surface area (Å²) >= 11 is 0.